The Morgan fingerprint density at radius 2 is 2.00 bits per heavy atom. The van der Waals surface area contributed by atoms with E-state index in [1.807, 2.05) is 0 Å². The van der Waals surface area contributed by atoms with Crippen molar-refractivity contribution < 1.29 is 5.11 Å². The fraction of sp³-hybridized carbons (Fsp3) is 0.789. The molecule has 0 radical (unpaired) electrons. The van der Waals surface area contributed by atoms with Gasteiger partial charge in [0.05, 0.1) is 12.6 Å². The maximum atomic E-state index is 9.63. The minimum absolute atomic E-state index is 0.193. The molecule has 3 heterocycles. The highest BCUT2D eigenvalue weighted by atomic mass is 16.3. The van der Waals surface area contributed by atoms with Gasteiger partial charge in [-0.25, -0.2) is 9.97 Å². The van der Waals surface area contributed by atoms with Crippen LogP contribution in [-0.2, 0) is 0 Å². The molecule has 140 valence electrons. The number of hydrogen-bond acceptors (Lipinski definition) is 6. The summed E-state index contributed by atoms with van der Waals surface area (Å²) in [6, 6.07) is 2.74. The molecule has 0 aromatic carbocycles. The third-order valence-corrected chi connectivity index (χ3v) is 5.55. The van der Waals surface area contributed by atoms with E-state index in [0.717, 1.165) is 24.6 Å². The number of rotatable bonds is 7. The second kappa shape index (κ2) is 9.34. The van der Waals surface area contributed by atoms with Gasteiger partial charge in [0.15, 0.2) is 0 Å². The van der Waals surface area contributed by atoms with Gasteiger partial charge in [-0.15, -0.1) is 0 Å². The summed E-state index contributed by atoms with van der Waals surface area (Å²) in [7, 11) is 0. The lowest BCUT2D eigenvalue weighted by Gasteiger charge is -2.36. The van der Waals surface area contributed by atoms with Crippen molar-refractivity contribution >= 4 is 11.6 Å². The number of nitrogens with one attached hydrogen (secondary N) is 1. The lowest BCUT2D eigenvalue weighted by atomic mass is 10.0. The first kappa shape index (κ1) is 18.4. The van der Waals surface area contributed by atoms with E-state index in [9.17, 15) is 5.11 Å². The van der Waals surface area contributed by atoms with Crippen molar-refractivity contribution in [3.8, 4) is 0 Å². The standard InChI is InChI=1S/C19H33N5O/c1-2-3-9-23-11-7-16(8-12-23)22-18-13-19(21-15-20-18)24-10-5-4-6-17(24)14-25/h13,15-17,25H,2-12,14H2,1H3,(H,20,21,22). The van der Waals surface area contributed by atoms with Crippen molar-refractivity contribution in [1.82, 2.24) is 14.9 Å². The molecule has 2 aliphatic heterocycles. The van der Waals surface area contributed by atoms with E-state index < -0.39 is 0 Å². The lowest BCUT2D eigenvalue weighted by molar-refractivity contribution is 0.216. The highest BCUT2D eigenvalue weighted by Crippen LogP contribution is 2.25. The molecule has 3 rings (SSSR count). The average molecular weight is 348 g/mol. The van der Waals surface area contributed by atoms with E-state index in [4.69, 9.17) is 0 Å². The first-order valence-electron chi connectivity index (χ1n) is 9.98. The Morgan fingerprint density at radius 1 is 1.16 bits per heavy atom. The van der Waals surface area contributed by atoms with Crippen LogP contribution in [-0.4, -0.2) is 64.8 Å². The van der Waals surface area contributed by atoms with Crippen molar-refractivity contribution in [2.75, 3.05) is 43.0 Å². The number of unbranched alkanes of at least 4 members (excludes halogenated alkanes) is 1. The summed E-state index contributed by atoms with van der Waals surface area (Å²) in [5, 5.41) is 13.2. The molecule has 2 aliphatic rings. The van der Waals surface area contributed by atoms with Crippen LogP contribution >= 0.6 is 0 Å². The normalized spacial score (nSPS) is 23.0. The minimum atomic E-state index is 0.193. The van der Waals surface area contributed by atoms with Crippen LogP contribution in [0.1, 0.15) is 51.9 Å². The van der Waals surface area contributed by atoms with Gasteiger partial charge in [0, 0.05) is 31.7 Å². The van der Waals surface area contributed by atoms with Crippen LogP contribution in [0.2, 0.25) is 0 Å². The van der Waals surface area contributed by atoms with Crippen molar-refractivity contribution in [3.05, 3.63) is 12.4 Å². The summed E-state index contributed by atoms with van der Waals surface area (Å²) < 4.78 is 0. The van der Waals surface area contributed by atoms with Crippen molar-refractivity contribution in [1.29, 1.82) is 0 Å². The predicted molar refractivity (Wildman–Crippen MR) is 102 cm³/mol. The Morgan fingerprint density at radius 3 is 2.76 bits per heavy atom. The molecule has 0 bridgehead atoms. The number of aromatic nitrogens is 2. The van der Waals surface area contributed by atoms with E-state index in [0.29, 0.717) is 6.04 Å². The topological polar surface area (TPSA) is 64.5 Å². The summed E-state index contributed by atoms with van der Waals surface area (Å²) in [6.07, 6.45) is 9.96. The Bertz CT molecular complexity index is 518. The fourth-order valence-corrected chi connectivity index (χ4v) is 3.97. The van der Waals surface area contributed by atoms with E-state index in [1.165, 1.54) is 58.2 Å². The highest BCUT2D eigenvalue weighted by Gasteiger charge is 2.24. The van der Waals surface area contributed by atoms with Gasteiger partial charge in [-0.1, -0.05) is 13.3 Å². The summed E-state index contributed by atoms with van der Waals surface area (Å²) in [5.74, 6) is 1.86. The average Bonchev–Trinajstić information content (AvgIpc) is 2.67. The van der Waals surface area contributed by atoms with Gasteiger partial charge in [-0.2, -0.15) is 0 Å². The molecule has 2 fully saturated rings. The second-order valence-corrected chi connectivity index (χ2v) is 7.40. The number of aliphatic hydroxyl groups is 1. The zero-order chi connectivity index (χ0) is 17.5. The molecule has 0 saturated carbocycles. The first-order chi connectivity index (χ1) is 12.3. The summed E-state index contributed by atoms with van der Waals surface area (Å²) in [4.78, 5) is 13.7. The maximum Gasteiger partial charge on any atom is 0.134 e. The summed E-state index contributed by atoms with van der Waals surface area (Å²) in [5.41, 5.74) is 0. The fourth-order valence-electron chi connectivity index (χ4n) is 3.97. The molecule has 0 amide bonds. The van der Waals surface area contributed by atoms with Crippen LogP contribution in [0.15, 0.2) is 12.4 Å². The number of aliphatic hydroxyl groups excluding tert-OH is 1. The molecule has 1 aromatic rings. The molecule has 1 unspecified atom stereocenters. The number of piperidine rings is 2. The van der Waals surface area contributed by atoms with Gasteiger partial charge in [0.1, 0.15) is 18.0 Å². The van der Waals surface area contributed by atoms with Crippen LogP contribution in [0, 0.1) is 0 Å². The molecule has 0 spiro atoms. The SMILES string of the molecule is CCCCN1CCC(Nc2cc(N3CCCCC3CO)ncn2)CC1. The van der Waals surface area contributed by atoms with E-state index in [2.05, 4.69) is 38.1 Å². The zero-order valence-corrected chi connectivity index (χ0v) is 15.5. The molecule has 2 N–H and O–H groups in total. The molecule has 1 atom stereocenters. The number of nitrogens with zero attached hydrogens (tertiary/aromatic N) is 4. The molecule has 2 saturated heterocycles. The molecule has 1 aromatic heterocycles. The van der Waals surface area contributed by atoms with Crippen LogP contribution in [0.5, 0.6) is 0 Å². The second-order valence-electron chi connectivity index (χ2n) is 7.40. The quantitative estimate of drug-likeness (QED) is 0.790. The van der Waals surface area contributed by atoms with Crippen molar-refractivity contribution in [3.63, 3.8) is 0 Å². The Kier molecular flexibility index (Phi) is 6.87. The van der Waals surface area contributed by atoms with Crippen LogP contribution < -0.4 is 10.2 Å². The van der Waals surface area contributed by atoms with Gasteiger partial charge < -0.3 is 20.2 Å². The number of likely N-dealkylation sites (tertiary alicyclic amines) is 1. The largest absolute Gasteiger partial charge is 0.394 e. The van der Waals surface area contributed by atoms with E-state index in [1.54, 1.807) is 6.33 Å². The van der Waals surface area contributed by atoms with Crippen LogP contribution in [0.25, 0.3) is 0 Å². The van der Waals surface area contributed by atoms with Gasteiger partial charge in [-0.3, -0.25) is 0 Å². The smallest absolute Gasteiger partial charge is 0.134 e. The first-order valence-corrected chi connectivity index (χ1v) is 9.98. The Balaban J connectivity index is 1.55. The Hall–Kier alpha value is -1.40. The number of anilines is 2. The van der Waals surface area contributed by atoms with Crippen LogP contribution in [0.4, 0.5) is 11.6 Å². The van der Waals surface area contributed by atoms with Crippen molar-refractivity contribution in [2.24, 2.45) is 0 Å². The molecule has 6 heteroatoms. The minimum Gasteiger partial charge on any atom is -0.394 e. The lowest BCUT2D eigenvalue weighted by Crippen LogP contribution is -2.42. The molecule has 25 heavy (non-hydrogen) atoms. The van der Waals surface area contributed by atoms with Gasteiger partial charge >= 0.3 is 0 Å². The predicted octanol–water partition coefficient (Wildman–Crippen LogP) is 2.50. The summed E-state index contributed by atoms with van der Waals surface area (Å²) in [6.45, 7) is 7.01. The maximum absolute atomic E-state index is 9.63. The van der Waals surface area contributed by atoms with E-state index >= 15 is 0 Å². The summed E-state index contributed by atoms with van der Waals surface area (Å²) >= 11 is 0. The Labute approximate surface area is 151 Å². The van der Waals surface area contributed by atoms with Crippen molar-refractivity contribution in [2.45, 2.75) is 64.0 Å². The van der Waals surface area contributed by atoms with Gasteiger partial charge in [0.2, 0.25) is 0 Å². The zero-order valence-electron chi connectivity index (χ0n) is 15.5. The molecular formula is C19H33N5O. The third kappa shape index (κ3) is 5.05. The monoisotopic (exact) mass is 347 g/mol. The van der Waals surface area contributed by atoms with Gasteiger partial charge in [-0.05, 0) is 45.1 Å². The van der Waals surface area contributed by atoms with Crippen LogP contribution in [0.3, 0.4) is 0 Å². The van der Waals surface area contributed by atoms with E-state index in [-0.39, 0.29) is 12.6 Å². The van der Waals surface area contributed by atoms with Gasteiger partial charge in [0.25, 0.3) is 0 Å². The number of hydrogen-bond donors (Lipinski definition) is 2. The molecule has 0 aliphatic carbocycles. The third-order valence-electron chi connectivity index (χ3n) is 5.55. The molecular weight excluding hydrogens is 314 g/mol. The molecule has 6 nitrogen and oxygen atoms in total. The highest BCUT2D eigenvalue weighted by molar-refractivity contribution is 5.50.